The molecule has 1 aromatic heterocycles. The van der Waals surface area contributed by atoms with E-state index in [9.17, 15) is 0 Å². The highest BCUT2D eigenvalue weighted by Gasteiger charge is 2.14. The molecule has 1 atom stereocenters. The Balaban J connectivity index is 2.61. The molecular weight excluding hydrogens is 202 g/mol. The van der Waals surface area contributed by atoms with Gasteiger partial charge < -0.3 is 10.5 Å². The molecule has 1 heterocycles. The van der Waals surface area contributed by atoms with Crippen LogP contribution in [0.5, 0.6) is 5.75 Å². The van der Waals surface area contributed by atoms with E-state index >= 15 is 0 Å². The number of benzene rings is 1. The molecule has 0 bridgehead atoms. The minimum Gasteiger partial charge on any atom is -0.496 e. The van der Waals surface area contributed by atoms with Crippen molar-refractivity contribution in [3.05, 3.63) is 42.2 Å². The molecule has 2 aromatic rings. The van der Waals surface area contributed by atoms with Crippen LogP contribution in [0.25, 0.3) is 5.69 Å². The van der Waals surface area contributed by atoms with Crippen LogP contribution in [-0.2, 0) is 0 Å². The topological polar surface area (TPSA) is 53.1 Å². The fourth-order valence-corrected chi connectivity index (χ4v) is 1.78. The van der Waals surface area contributed by atoms with Gasteiger partial charge in [0, 0.05) is 24.0 Å². The Bertz CT molecular complexity index is 463. The van der Waals surface area contributed by atoms with E-state index in [1.165, 1.54) is 0 Å². The molecule has 2 rings (SSSR count). The van der Waals surface area contributed by atoms with Crippen LogP contribution in [0.1, 0.15) is 18.5 Å². The van der Waals surface area contributed by atoms with Crippen LogP contribution in [0.15, 0.2) is 36.7 Å². The number of nitrogens with zero attached hydrogens (tertiary/aromatic N) is 2. The first kappa shape index (κ1) is 10.7. The first-order chi connectivity index (χ1) is 7.74. The van der Waals surface area contributed by atoms with Crippen molar-refractivity contribution in [2.45, 2.75) is 13.0 Å². The number of ether oxygens (including phenoxy) is 1. The van der Waals surface area contributed by atoms with Crippen molar-refractivity contribution in [1.29, 1.82) is 0 Å². The van der Waals surface area contributed by atoms with Gasteiger partial charge in [-0.15, -0.1) is 0 Å². The van der Waals surface area contributed by atoms with E-state index in [4.69, 9.17) is 10.5 Å². The van der Waals surface area contributed by atoms with E-state index < -0.39 is 0 Å². The van der Waals surface area contributed by atoms with Crippen LogP contribution in [0.4, 0.5) is 0 Å². The molecule has 0 saturated carbocycles. The Morgan fingerprint density at radius 3 is 2.75 bits per heavy atom. The molecule has 2 N–H and O–H groups in total. The monoisotopic (exact) mass is 217 g/mol. The quantitative estimate of drug-likeness (QED) is 0.854. The van der Waals surface area contributed by atoms with Crippen LogP contribution in [0, 0.1) is 0 Å². The molecule has 1 aromatic carbocycles. The zero-order valence-electron chi connectivity index (χ0n) is 9.42. The van der Waals surface area contributed by atoms with Crippen molar-refractivity contribution in [2.75, 3.05) is 7.11 Å². The van der Waals surface area contributed by atoms with Gasteiger partial charge in [-0.3, -0.25) is 0 Å². The molecule has 4 heteroatoms. The third-order valence-electron chi connectivity index (χ3n) is 2.47. The first-order valence-corrected chi connectivity index (χ1v) is 5.16. The van der Waals surface area contributed by atoms with Crippen molar-refractivity contribution < 1.29 is 4.74 Å². The van der Waals surface area contributed by atoms with Gasteiger partial charge in [0.1, 0.15) is 5.75 Å². The van der Waals surface area contributed by atoms with Crippen molar-refractivity contribution >= 4 is 0 Å². The van der Waals surface area contributed by atoms with Crippen LogP contribution >= 0.6 is 0 Å². The number of aromatic nitrogens is 2. The number of methoxy groups -OCH3 is 1. The van der Waals surface area contributed by atoms with E-state index in [1.807, 2.05) is 37.4 Å². The van der Waals surface area contributed by atoms with Gasteiger partial charge in [0.05, 0.1) is 12.8 Å². The van der Waals surface area contributed by atoms with Gasteiger partial charge in [-0.2, -0.15) is 5.10 Å². The molecular formula is C12H15N3O. The fourth-order valence-electron chi connectivity index (χ4n) is 1.78. The maximum atomic E-state index is 5.98. The van der Waals surface area contributed by atoms with Gasteiger partial charge in [0.15, 0.2) is 0 Å². The number of hydrogen-bond acceptors (Lipinski definition) is 3. The minimum absolute atomic E-state index is 0.102. The van der Waals surface area contributed by atoms with E-state index in [1.54, 1.807) is 18.0 Å². The summed E-state index contributed by atoms with van der Waals surface area (Å²) in [5.74, 6) is 0.794. The average molecular weight is 217 g/mol. The summed E-state index contributed by atoms with van der Waals surface area (Å²) in [6, 6.07) is 7.60. The lowest BCUT2D eigenvalue weighted by atomic mass is 10.1. The molecule has 0 fully saturated rings. The Labute approximate surface area is 94.6 Å². The van der Waals surface area contributed by atoms with Crippen LogP contribution < -0.4 is 10.5 Å². The third kappa shape index (κ3) is 1.79. The Morgan fingerprint density at radius 1 is 1.38 bits per heavy atom. The van der Waals surface area contributed by atoms with E-state index in [0.717, 1.165) is 17.0 Å². The maximum absolute atomic E-state index is 5.98. The standard InChI is InChI=1S/C12H15N3O/c1-9(13)12-10(15-8-4-7-14-15)5-3-6-11(12)16-2/h3-9H,13H2,1-2H3/t9-/m0/s1. The largest absolute Gasteiger partial charge is 0.496 e. The summed E-state index contributed by atoms with van der Waals surface area (Å²) >= 11 is 0. The van der Waals surface area contributed by atoms with Crippen molar-refractivity contribution in [3.8, 4) is 11.4 Å². The molecule has 0 aliphatic rings. The molecule has 0 radical (unpaired) electrons. The molecule has 0 aliphatic carbocycles. The lowest BCUT2D eigenvalue weighted by Crippen LogP contribution is -2.11. The molecule has 0 amide bonds. The molecule has 84 valence electrons. The predicted octanol–water partition coefficient (Wildman–Crippen LogP) is 1.90. The zero-order chi connectivity index (χ0) is 11.5. The Morgan fingerprint density at radius 2 is 2.19 bits per heavy atom. The Kier molecular flexibility index (Phi) is 2.92. The highest BCUT2D eigenvalue weighted by atomic mass is 16.5. The molecule has 0 spiro atoms. The average Bonchev–Trinajstić information content (AvgIpc) is 2.81. The summed E-state index contributed by atoms with van der Waals surface area (Å²) in [4.78, 5) is 0. The van der Waals surface area contributed by atoms with E-state index in [-0.39, 0.29) is 6.04 Å². The highest BCUT2D eigenvalue weighted by Crippen LogP contribution is 2.29. The normalized spacial score (nSPS) is 12.4. The third-order valence-corrected chi connectivity index (χ3v) is 2.47. The Hall–Kier alpha value is -1.81. The van der Waals surface area contributed by atoms with Crippen LogP contribution in [0.3, 0.4) is 0 Å². The second-order valence-corrected chi connectivity index (χ2v) is 3.63. The summed E-state index contributed by atoms with van der Waals surface area (Å²) in [6.07, 6.45) is 3.63. The smallest absolute Gasteiger partial charge is 0.125 e. The van der Waals surface area contributed by atoms with Crippen LogP contribution in [-0.4, -0.2) is 16.9 Å². The molecule has 4 nitrogen and oxygen atoms in total. The summed E-state index contributed by atoms with van der Waals surface area (Å²) < 4.78 is 7.12. The second-order valence-electron chi connectivity index (χ2n) is 3.63. The van der Waals surface area contributed by atoms with Gasteiger partial charge in [0.2, 0.25) is 0 Å². The number of nitrogens with two attached hydrogens (primary N) is 1. The highest BCUT2D eigenvalue weighted by molar-refractivity contribution is 5.50. The fraction of sp³-hybridized carbons (Fsp3) is 0.250. The molecule has 0 aliphatic heterocycles. The number of rotatable bonds is 3. The zero-order valence-corrected chi connectivity index (χ0v) is 9.42. The predicted molar refractivity (Wildman–Crippen MR) is 62.7 cm³/mol. The van der Waals surface area contributed by atoms with Gasteiger partial charge in [-0.1, -0.05) is 6.07 Å². The SMILES string of the molecule is COc1cccc(-n2cccn2)c1[C@H](C)N. The first-order valence-electron chi connectivity index (χ1n) is 5.16. The summed E-state index contributed by atoms with van der Waals surface area (Å²) in [6.45, 7) is 1.94. The van der Waals surface area contributed by atoms with Crippen molar-refractivity contribution in [3.63, 3.8) is 0 Å². The molecule has 0 saturated heterocycles. The van der Waals surface area contributed by atoms with Crippen molar-refractivity contribution in [2.24, 2.45) is 5.73 Å². The lowest BCUT2D eigenvalue weighted by Gasteiger charge is -2.16. The molecule has 16 heavy (non-hydrogen) atoms. The van der Waals surface area contributed by atoms with Gasteiger partial charge in [-0.05, 0) is 25.1 Å². The second kappa shape index (κ2) is 4.37. The van der Waals surface area contributed by atoms with E-state index in [0.29, 0.717) is 0 Å². The van der Waals surface area contributed by atoms with Gasteiger partial charge >= 0.3 is 0 Å². The summed E-state index contributed by atoms with van der Waals surface area (Å²) in [5.41, 5.74) is 7.90. The lowest BCUT2D eigenvalue weighted by molar-refractivity contribution is 0.406. The number of hydrogen-bond donors (Lipinski definition) is 1. The van der Waals surface area contributed by atoms with Crippen molar-refractivity contribution in [1.82, 2.24) is 9.78 Å². The van der Waals surface area contributed by atoms with Crippen LogP contribution in [0.2, 0.25) is 0 Å². The minimum atomic E-state index is -0.102. The van der Waals surface area contributed by atoms with E-state index in [2.05, 4.69) is 5.10 Å². The molecule has 0 unspecified atom stereocenters. The maximum Gasteiger partial charge on any atom is 0.125 e. The summed E-state index contributed by atoms with van der Waals surface area (Å²) in [7, 11) is 1.65. The summed E-state index contributed by atoms with van der Waals surface area (Å²) in [5, 5.41) is 4.21. The van der Waals surface area contributed by atoms with Gasteiger partial charge in [0.25, 0.3) is 0 Å². The van der Waals surface area contributed by atoms with Gasteiger partial charge in [-0.25, -0.2) is 4.68 Å².